The molecule has 1 aliphatic heterocycles. The van der Waals surface area contributed by atoms with Gasteiger partial charge >= 0.3 is 5.97 Å². The van der Waals surface area contributed by atoms with E-state index in [-0.39, 0.29) is 27.9 Å². The Morgan fingerprint density at radius 2 is 1.67 bits per heavy atom. The summed E-state index contributed by atoms with van der Waals surface area (Å²) < 4.78 is 19.9. The van der Waals surface area contributed by atoms with Crippen LogP contribution in [0.4, 0.5) is 0 Å². The van der Waals surface area contributed by atoms with Crippen molar-refractivity contribution < 1.29 is 18.7 Å². The quantitative estimate of drug-likeness (QED) is 0.0777. The van der Waals surface area contributed by atoms with Crippen molar-refractivity contribution >= 4 is 30.2 Å². The van der Waals surface area contributed by atoms with Crippen LogP contribution < -0.4 is 9.16 Å². The van der Waals surface area contributed by atoms with Crippen molar-refractivity contribution in [2.45, 2.75) is 149 Å². The molecule has 42 heavy (non-hydrogen) atoms. The Labute approximate surface area is 267 Å². The predicted octanol–water partition coefficient (Wildman–Crippen LogP) is 10.9. The van der Waals surface area contributed by atoms with Gasteiger partial charge in [-0.25, -0.2) is 0 Å². The van der Waals surface area contributed by atoms with E-state index in [1.54, 1.807) is 0 Å². The summed E-state index contributed by atoms with van der Waals surface area (Å²) in [6.45, 7) is 26.9. The Morgan fingerprint density at radius 3 is 2.26 bits per heavy atom. The monoisotopic (exact) mass is 662 g/mol. The second kappa shape index (κ2) is 13.0. The van der Waals surface area contributed by atoms with Gasteiger partial charge in [0.1, 0.15) is 23.7 Å². The Kier molecular flexibility index (Phi) is 10.9. The van der Waals surface area contributed by atoms with Gasteiger partial charge in [0.25, 0.3) is 0 Å². The lowest BCUT2D eigenvalue weighted by Crippen LogP contribution is -2.47. The number of hydrogen-bond acceptors (Lipinski definition) is 4. The SMILES string of the molecule is CC(C)(C)C(=O)OCC1=CC[C@@H]2[C@@H](C1)c1c(cc(C(C)(C)CCCCCCBr)cc1O[Si](C)(C)C(C)(C)C)OC2(C)C. The summed E-state index contributed by atoms with van der Waals surface area (Å²) in [7, 11) is -2.13. The average molecular weight is 664 g/mol. The summed E-state index contributed by atoms with van der Waals surface area (Å²) in [4.78, 5) is 12.6. The first-order valence-electron chi connectivity index (χ1n) is 16.2. The highest BCUT2D eigenvalue weighted by Gasteiger charge is 2.48. The maximum absolute atomic E-state index is 12.6. The van der Waals surface area contributed by atoms with E-state index < -0.39 is 13.7 Å². The molecule has 1 aromatic rings. The topological polar surface area (TPSA) is 44.8 Å². The summed E-state index contributed by atoms with van der Waals surface area (Å²) >= 11 is 3.57. The maximum Gasteiger partial charge on any atom is 0.311 e. The predicted molar refractivity (Wildman–Crippen MR) is 183 cm³/mol. The highest BCUT2D eigenvalue weighted by atomic mass is 79.9. The molecule has 0 saturated heterocycles. The Bertz CT molecular complexity index is 1140. The van der Waals surface area contributed by atoms with Gasteiger partial charge in [0.05, 0.1) is 5.41 Å². The molecular formula is C36H59BrO4Si. The zero-order chi connectivity index (χ0) is 31.7. The number of halogens is 1. The van der Waals surface area contributed by atoms with E-state index in [4.69, 9.17) is 13.9 Å². The zero-order valence-corrected chi connectivity index (χ0v) is 31.3. The Hall–Kier alpha value is -1.27. The van der Waals surface area contributed by atoms with E-state index in [0.717, 1.165) is 36.1 Å². The number of rotatable bonds is 11. The first kappa shape index (κ1) is 35.2. The molecule has 238 valence electrons. The molecule has 0 N–H and O–H groups in total. The molecule has 2 atom stereocenters. The van der Waals surface area contributed by atoms with Crippen LogP contribution in [0.2, 0.25) is 18.1 Å². The molecule has 1 heterocycles. The van der Waals surface area contributed by atoms with Crippen LogP contribution in [0.1, 0.15) is 131 Å². The molecule has 3 rings (SSSR count). The second-order valence-electron chi connectivity index (χ2n) is 16.5. The van der Waals surface area contributed by atoms with Crippen molar-refractivity contribution in [3.8, 4) is 11.5 Å². The minimum atomic E-state index is -2.13. The molecule has 2 aliphatic rings. The van der Waals surface area contributed by atoms with Crippen molar-refractivity contribution in [1.82, 2.24) is 0 Å². The molecule has 6 heteroatoms. The number of fused-ring (bicyclic) bond motifs is 3. The molecule has 0 unspecified atom stereocenters. The molecule has 0 amide bonds. The number of alkyl halides is 1. The van der Waals surface area contributed by atoms with Gasteiger partial charge in [-0.15, -0.1) is 0 Å². The van der Waals surface area contributed by atoms with Gasteiger partial charge in [-0.3, -0.25) is 4.79 Å². The van der Waals surface area contributed by atoms with E-state index in [2.05, 4.69) is 95.7 Å². The van der Waals surface area contributed by atoms with Gasteiger partial charge in [0, 0.05) is 22.7 Å². The number of carbonyl (C=O) groups excluding carboxylic acids is 1. The molecule has 0 aromatic heterocycles. The van der Waals surface area contributed by atoms with Gasteiger partial charge in [-0.05, 0) is 107 Å². The summed E-state index contributed by atoms with van der Waals surface area (Å²) in [5.41, 5.74) is 2.91. The Balaban J connectivity index is 2.04. The van der Waals surface area contributed by atoms with Gasteiger partial charge in [-0.1, -0.05) is 75.9 Å². The summed E-state index contributed by atoms with van der Waals surface area (Å²) in [5, 5.41) is 1.16. The van der Waals surface area contributed by atoms with E-state index >= 15 is 0 Å². The van der Waals surface area contributed by atoms with Crippen molar-refractivity contribution in [2.24, 2.45) is 11.3 Å². The summed E-state index contributed by atoms with van der Waals surface area (Å²) in [5.74, 6) is 2.41. The highest BCUT2D eigenvalue weighted by molar-refractivity contribution is 9.09. The molecular weight excluding hydrogens is 604 g/mol. The number of hydrogen-bond donors (Lipinski definition) is 0. The van der Waals surface area contributed by atoms with E-state index in [1.807, 2.05) is 20.8 Å². The summed E-state index contributed by atoms with van der Waals surface area (Å²) in [6, 6.07) is 4.68. The number of ether oxygens (including phenoxy) is 2. The normalized spacial score (nSPS) is 20.6. The van der Waals surface area contributed by atoms with Crippen LogP contribution in [0.3, 0.4) is 0 Å². The van der Waals surface area contributed by atoms with Crippen LogP contribution in [0, 0.1) is 11.3 Å². The van der Waals surface area contributed by atoms with E-state index in [0.29, 0.717) is 12.5 Å². The Morgan fingerprint density at radius 1 is 1.02 bits per heavy atom. The fourth-order valence-electron chi connectivity index (χ4n) is 6.00. The lowest BCUT2D eigenvalue weighted by Gasteiger charge is -2.48. The maximum atomic E-state index is 12.6. The molecule has 0 spiro atoms. The highest BCUT2D eigenvalue weighted by Crippen LogP contribution is 2.56. The van der Waals surface area contributed by atoms with Gasteiger partial charge in [0.15, 0.2) is 0 Å². The van der Waals surface area contributed by atoms with Crippen molar-refractivity contribution in [1.29, 1.82) is 0 Å². The molecule has 4 nitrogen and oxygen atoms in total. The standard InChI is InChI=1S/C36H59BrO4Si/c1-33(2,3)32(38)39-24-25-17-18-28-27(21-25)31-29(40-36(28,9)10)22-26(35(7,8)19-15-13-14-16-20-37)23-30(31)41-42(11,12)34(4,5)6/h17,22-23,27-28H,13-16,18-21,24H2,1-12H3/t27-,28-/m1/s1. The molecule has 0 radical (unpaired) electrons. The molecule has 0 saturated carbocycles. The van der Waals surface area contributed by atoms with Gasteiger partial charge in [-0.2, -0.15) is 0 Å². The van der Waals surface area contributed by atoms with Crippen LogP contribution in [0.5, 0.6) is 11.5 Å². The van der Waals surface area contributed by atoms with Crippen LogP contribution in [-0.2, 0) is 14.9 Å². The lowest BCUT2D eigenvalue weighted by atomic mass is 9.66. The molecule has 1 aromatic carbocycles. The van der Waals surface area contributed by atoms with Crippen molar-refractivity contribution in [2.75, 3.05) is 11.9 Å². The zero-order valence-electron chi connectivity index (χ0n) is 28.8. The van der Waals surface area contributed by atoms with Gasteiger partial charge in [0.2, 0.25) is 8.32 Å². The number of carbonyl (C=O) groups is 1. The van der Waals surface area contributed by atoms with Crippen molar-refractivity contribution in [3.05, 3.63) is 34.9 Å². The van der Waals surface area contributed by atoms with Gasteiger partial charge < -0.3 is 13.9 Å². The number of benzene rings is 1. The third-order valence-corrected chi connectivity index (χ3v) is 14.9. The number of esters is 1. The first-order valence-corrected chi connectivity index (χ1v) is 20.2. The largest absolute Gasteiger partial charge is 0.543 e. The van der Waals surface area contributed by atoms with Crippen LogP contribution in [0.25, 0.3) is 0 Å². The van der Waals surface area contributed by atoms with E-state index in [1.165, 1.54) is 42.4 Å². The average Bonchev–Trinajstić information content (AvgIpc) is 2.84. The fraction of sp³-hybridized carbons (Fsp3) is 0.750. The molecule has 1 aliphatic carbocycles. The number of unbranched alkanes of at least 4 members (excludes halogenated alkanes) is 3. The number of allylic oxidation sites excluding steroid dienone is 1. The third-order valence-electron chi connectivity index (χ3n) is 10.0. The third kappa shape index (κ3) is 8.25. The lowest BCUT2D eigenvalue weighted by molar-refractivity contribution is -0.152. The fourth-order valence-corrected chi connectivity index (χ4v) is 7.42. The minimum Gasteiger partial charge on any atom is -0.543 e. The summed E-state index contributed by atoms with van der Waals surface area (Å²) in [6.07, 6.45) is 10.2. The minimum absolute atomic E-state index is 0.0120. The second-order valence-corrected chi connectivity index (χ2v) is 22.1. The van der Waals surface area contributed by atoms with Crippen LogP contribution in [-0.4, -0.2) is 31.8 Å². The molecule has 0 fully saturated rings. The first-order chi connectivity index (χ1) is 19.2. The smallest absolute Gasteiger partial charge is 0.311 e. The molecule has 0 bridgehead atoms. The van der Waals surface area contributed by atoms with Crippen molar-refractivity contribution in [3.63, 3.8) is 0 Å². The van der Waals surface area contributed by atoms with E-state index in [9.17, 15) is 4.79 Å². The van der Waals surface area contributed by atoms with Crippen LogP contribution in [0.15, 0.2) is 23.8 Å². The van der Waals surface area contributed by atoms with Crippen LogP contribution >= 0.6 is 15.9 Å².